The monoisotopic (exact) mass is 1020 g/mol. The number of aliphatic hydroxyl groups excluding tert-OH is 2. The van der Waals surface area contributed by atoms with Gasteiger partial charge in [0.2, 0.25) is 0 Å². The molecule has 0 unspecified atom stereocenters. The van der Waals surface area contributed by atoms with Gasteiger partial charge in [-0.15, -0.1) is 0 Å². The van der Waals surface area contributed by atoms with E-state index in [4.69, 9.17) is 0 Å². The minimum atomic E-state index is -0.116. The molecule has 0 aliphatic carbocycles. The van der Waals surface area contributed by atoms with Gasteiger partial charge < -0.3 is 39.6 Å². The van der Waals surface area contributed by atoms with Gasteiger partial charge in [0.25, 0.3) is 11.8 Å². The van der Waals surface area contributed by atoms with Gasteiger partial charge in [0.15, 0.2) is 0 Å². The number of hydrogen-bond acceptors (Lipinski definition) is 10. The zero-order chi connectivity index (χ0) is 53.0. The zero-order valence-electron chi connectivity index (χ0n) is 44.2. The number of benzene rings is 6. The number of rotatable bonds is 12. The summed E-state index contributed by atoms with van der Waals surface area (Å²) in [7, 11) is 0. The molecule has 4 heterocycles. The molecule has 2 amide bonds. The molecule has 0 radical (unpaired) electrons. The highest BCUT2D eigenvalue weighted by molar-refractivity contribution is 5.96. The Bertz CT molecular complexity index is 2790. The van der Waals surface area contributed by atoms with Crippen molar-refractivity contribution in [2.45, 2.75) is 64.5 Å². The van der Waals surface area contributed by atoms with Crippen molar-refractivity contribution in [1.82, 2.24) is 9.80 Å². The number of piperidine rings is 2. The maximum absolute atomic E-state index is 13.6. The molecule has 4 aliphatic rings. The fraction of sp³-hybridized carbons (Fsp3) is 0.375. The van der Waals surface area contributed by atoms with Gasteiger partial charge in [-0.2, -0.15) is 10.5 Å². The molecule has 4 saturated heterocycles. The highest BCUT2D eigenvalue weighted by atomic mass is 16.3. The number of aryl methyl sites for hydroxylation is 2. The Morgan fingerprint density at radius 2 is 0.855 bits per heavy atom. The second-order valence-corrected chi connectivity index (χ2v) is 21.1. The van der Waals surface area contributed by atoms with Gasteiger partial charge in [0.1, 0.15) is 12.1 Å². The molecule has 0 saturated carbocycles. The third-order valence-corrected chi connectivity index (χ3v) is 16.2. The Kier molecular flexibility index (Phi) is 17.7. The van der Waals surface area contributed by atoms with Crippen molar-refractivity contribution >= 4 is 34.6 Å². The number of carbonyl (C=O) groups excluding carboxylic acids is 2. The van der Waals surface area contributed by atoms with Crippen molar-refractivity contribution in [1.29, 1.82) is 10.5 Å². The van der Waals surface area contributed by atoms with Crippen LogP contribution in [-0.2, 0) is 12.8 Å². The Balaban J connectivity index is 0.000000186. The average molecular weight is 1020 g/mol. The van der Waals surface area contributed by atoms with E-state index in [1.807, 2.05) is 109 Å². The highest BCUT2D eigenvalue weighted by Crippen LogP contribution is 2.32. The van der Waals surface area contributed by atoms with Gasteiger partial charge in [0, 0.05) is 87.9 Å². The molecule has 392 valence electrons. The first-order valence-electron chi connectivity index (χ1n) is 27.2. The van der Waals surface area contributed by atoms with Crippen molar-refractivity contribution in [2.75, 3.05) is 98.3 Å². The van der Waals surface area contributed by atoms with Crippen LogP contribution in [0.15, 0.2) is 146 Å². The van der Waals surface area contributed by atoms with Gasteiger partial charge in [-0.3, -0.25) is 9.59 Å². The van der Waals surface area contributed by atoms with Crippen LogP contribution >= 0.6 is 0 Å². The van der Waals surface area contributed by atoms with Crippen molar-refractivity contribution in [3.8, 4) is 12.1 Å². The first-order valence-corrected chi connectivity index (χ1v) is 27.2. The van der Waals surface area contributed by atoms with Gasteiger partial charge in [-0.1, -0.05) is 84.9 Å². The van der Waals surface area contributed by atoms with Crippen LogP contribution in [0.2, 0.25) is 0 Å². The van der Waals surface area contributed by atoms with Crippen molar-refractivity contribution < 1.29 is 19.8 Å². The summed E-state index contributed by atoms with van der Waals surface area (Å²) >= 11 is 0. The van der Waals surface area contributed by atoms with Crippen LogP contribution in [0.25, 0.3) is 0 Å². The topological polar surface area (TPSA) is 142 Å². The van der Waals surface area contributed by atoms with E-state index in [-0.39, 0.29) is 37.1 Å². The van der Waals surface area contributed by atoms with E-state index in [9.17, 15) is 30.3 Å². The van der Waals surface area contributed by atoms with E-state index in [1.165, 1.54) is 11.1 Å². The molecule has 0 bridgehead atoms. The smallest absolute Gasteiger partial charge is 0.254 e. The van der Waals surface area contributed by atoms with Crippen molar-refractivity contribution in [3.63, 3.8) is 0 Å². The number of anilines is 4. The number of para-hydroxylation sites is 4. The summed E-state index contributed by atoms with van der Waals surface area (Å²) in [6.07, 6.45) is 6.17. The van der Waals surface area contributed by atoms with Gasteiger partial charge in [-0.25, -0.2) is 0 Å². The highest BCUT2D eigenvalue weighted by Gasteiger charge is 2.33. The fourth-order valence-electron chi connectivity index (χ4n) is 11.8. The molecule has 0 aromatic heterocycles. The number of piperazine rings is 2. The Hall–Kier alpha value is -7.64. The normalized spacial score (nSPS) is 18.3. The number of hydrogen-bond donors (Lipinski definition) is 2. The quantitative estimate of drug-likeness (QED) is 0.122. The Morgan fingerprint density at radius 3 is 1.22 bits per heavy atom. The minimum absolute atomic E-state index is 0.00916. The molecule has 2 N–H and O–H groups in total. The lowest BCUT2D eigenvalue weighted by Crippen LogP contribution is -2.56. The molecular formula is C64H72N8O4. The summed E-state index contributed by atoms with van der Waals surface area (Å²) in [4.78, 5) is 40.1. The van der Waals surface area contributed by atoms with Gasteiger partial charge >= 0.3 is 0 Å². The molecule has 76 heavy (non-hydrogen) atoms. The molecule has 12 nitrogen and oxygen atoms in total. The SMILES string of the molecule is Cc1ccc(CC2CCN(c3ccccc3C#N)CC2)cc1C(=O)N1CCN(c2ccccc2)[C@@H](CO)C1.Cc1ccc(CC2CCN(c3ccccc3C#N)CC2)cc1C(=O)N1CCN(c2ccccc2)[C@H](CO)C1. The lowest BCUT2D eigenvalue weighted by molar-refractivity contribution is 0.0690. The van der Waals surface area contributed by atoms with Gasteiger partial charge in [-0.05, 0) is 147 Å². The van der Waals surface area contributed by atoms with Gasteiger partial charge in [0.05, 0.1) is 47.8 Å². The van der Waals surface area contributed by atoms with Crippen LogP contribution in [0.3, 0.4) is 0 Å². The predicted molar refractivity (Wildman–Crippen MR) is 303 cm³/mol. The third-order valence-electron chi connectivity index (χ3n) is 16.2. The summed E-state index contributed by atoms with van der Waals surface area (Å²) < 4.78 is 0. The van der Waals surface area contributed by atoms with E-state index in [0.29, 0.717) is 51.1 Å². The number of nitriles is 2. The van der Waals surface area contributed by atoms with Crippen LogP contribution < -0.4 is 19.6 Å². The number of aliphatic hydroxyl groups is 2. The lowest BCUT2D eigenvalue weighted by Gasteiger charge is -2.42. The average Bonchev–Trinajstić information content (AvgIpc) is 3.49. The molecule has 2 atom stereocenters. The third kappa shape index (κ3) is 12.5. The number of carbonyl (C=O) groups is 2. The van der Waals surface area contributed by atoms with Crippen LogP contribution in [0, 0.1) is 48.3 Å². The molecular weight excluding hydrogens is 945 g/mol. The Labute approximate surface area is 449 Å². The number of nitrogens with zero attached hydrogens (tertiary/aromatic N) is 8. The van der Waals surface area contributed by atoms with Crippen LogP contribution in [-0.4, -0.2) is 123 Å². The fourth-order valence-corrected chi connectivity index (χ4v) is 11.8. The second kappa shape index (κ2) is 25.3. The Morgan fingerprint density at radius 1 is 0.487 bits per heavy atom. The molecule has 6 aromatic carbocycles. The van der Waals surface area contributed by atoms with Crippen LogP contribution in [0.5, 0.6) is 0 Å². The molecule has 10 rings (SSSR count). The summed E-state index contributed by atoms with van der Waals surface area (Å²) in [6, 6.07) is 52.9. The summed E-state index contributed by atoms with van der Waals surface area (Å²) in [5, 5.41) is 39.1. The van der Waals surface area contributed by atoms with Crippen LogP contribution in [0.4, 0.5) is 22.7 Å². The largest absolute Gasteiger partial charge is 0.394 e. The zero-order valence-corrected chi connectivity index (χ0v) is 44.2. The molecule has 4 fully saturated rings. The van der Waals surface area contributed by atoms with Crippen molar-refractivity contribution in [2.24, 2.45) is 11.8 Å². The van der Waals surface area contributed by atoms with Crippen LogP contribution in [0.1, 0.15) is 79.8 Å². The summed E-state index contributed by atoms with van der Waals surface area (Å²) in [6.45, 7) is 11.5. The summed E-state index contributed by atoms with van der Waals surface area (Å²) in [5.74, 6) is 1.22. The maximum Gasteiger partial charge on any atom is 0.254 e. The first kappa shape index (κ1) is 53.2. The van der Waals surface area contributed by atoms with Crippen molar-refractivity contribution in [3.05, 3.63) is 190 Å². The summed E-state index contributed by atoms with van der Waals surface area (Å²) in [5.41, 5.74) is 11.6. The van der Waals surface area contributed by atoms with E-state index in [1.54, 1.807) is 0 Å². The molecule has 0 spiro atoms. The van der Waals surface area contributed by atoms with E-state index >= 15 is 0 Å². The van der Waals surface area contributed by atoms with E-state index in [2.05, 4.69) is 92.4 Å². The lowest BCUT2D eigenvalue weighted by atomic mass is 9.88. The standard InChI is InChI=1S/2C32H36N4O2/c2*1-24-11-12-26(19-25-13-15-34(16-14-25)31-10-6-5-7-27(31)21-33)20-30(24)32(38)35-17-18-36(29(22-35)23-37)28-8-3-2-4-9-28/h2*2-12,20,25,29,37H,13-19,22-23H2,1H3/t2*29-/m10/s1. The predicted octanol–water partition coefficient (Wildman–Crippen LogP) is 9.30. The van der Waals surface area contributed by atoms with E-state index < -0.39 is 0 Å². The molecule has 12 heteroatoms. The number of amides is 2. The first-order chi connectivity index (χ1) is 37.1. The second-order valence-electron chi connectivity index (χ2n) is 21.1. The minimum Gasteiger partial charge on any atom is -0.394 e. The van der Waals surface area contributed by atoms with E-state index in [0.717, 1.165) is 121 Å². The molecule has 4 aliphatic heterocycles. The molecule has 6 aromatic rings. The maximum atomic E-state index is 13.6.